The van der Waals surface area contributed by atoms with Crippen molar-refractivity contribution in [2.75, 3.05) is 6.26 Å². The van der Waals surface area contributed by atoms with E-state index in [1.54, 1.807) is 13.1 Å². The standard InChI is InChI=1S/C10H9F2N3S/c1-5-8-6(3-7(14-5)9(11)12)4-13-10(15-8)16-2/h3-4,9H,1-2H3. The van der Waals surface area contributed by atoms with Gasteiger partial charge in [-0.3, -0.25) is 0 Å². The number of pyridine rings is 1. The molecular weight excluding hydrogens is 232 g/mol. The Morgan fingerprint density at radius 1 is 1.31 bits per heavy atom. The van der Waals surface area contributed by atoms with Crippen LogP contribution >= 0.6 is 11.8 Å². The van der Waals surface area contributed by atoms with Crippen molar-refractivity contribution in [3.05, 3.63) is 23.7 Å². The van der Waals surface area contributed by atoms with E-state index in [2.05, 4.69) is 15.0 Å². The SMILES string of the molecule is CSc1ncc2cc(C(F)F)nc(C)c2n1. The van der Waals surface area contributed by atoms with E-state index in [-0.39, 0.29) is 5.69 Å². The molecule has 2 heterocycles. The van der Waals surface area contributed by atoms with Crippen LogP contribution in [0.25, 0.3) is 10.9 Å². The molecule has 0 atom stereocenters. The molecule has 0 bridgehead atoms. The fourth-order valence-corrected chi connectivity index (χ4v) is 1.76. The third-order valence-electron chi connectivity index (χ3n) is 2.14. The molecule has 0 unspecified atom stereocenters. The quantitative estimate of drug-likeness (QED) is 0.598. The predicted octanol–water partition coefficient (Wildman–Crippen LogP) is 2.99. The van der Waals surface area contributed by atoms with E-state index < -0.39 is 6.43 Å². The van der Waals surface area contributed by atoms with Crippen LogP contribution in [0.1, 0.15) is 17.8 Å². The molecule has 6 heteroatoms. The van der Waals surface area contributed by atoms with Crippen LogP contribution in [0.5, 0.6) is 0 Å². The largest absolute Gasteiger partial charge is 0.280 e. The third kappa shape index (κ3) is 1.97. The normalized spacial score (nSPS) is 11.3. The van der Waals surface area contributed by atoms with Gasteiger partial charge in [0.2, 0.25) is 0 Å². The maximum atomic E-state index is 12.5. The van der Waals surface area contributed by atoms with Crippen LogP contribution in [-0.2, 0) is 0 Å². The smallest absolute Gasteiger partial charge is 0.250 e. The highest BCUT2D eigenvalue weighted by Gasteiger charge is 2.12. The number of hydrogen-bond acceptors (Lipinski definition) is 4. The van der Waals surface area contributed by atoms with Crippen LogP contribution in [0.3, 0.4) is 0 Å². The van der Waals surface area contributed by atoms with Gasteiger partial charge in [-0.25, -0.2) is 23.7 Å². The molecule has 84 valence electrons. The second-order valence-electron chi connectivity index (χ2n) is 3.23. The molecule has 0 N–H and O–H groups in total. The summed E-state index contributed by atoms with van der Waals surface area (Å²) in [6.45, 7) is 1.67. The first-order chi connectivity index (χ1) is 7.61. The van der Waals surface area contributed by atoms with Crippen molar-refractivity contribution in [3.8, 4) is 0 Å². The van der Waals surface area contributed by atoms with Gasteiger partial charge in [-0.2, -0.15) is 0 Å². The number of fused-ring (bicyclic) bond motifs is 1. The second-order valence-corrected chi connectivity index (χ2v) is 4.00. The molecule has 16 heavy (non-hydrogen) atoms. The highest BCUT2D eigenvalue weighted by molar-refractivity contribution is 7.98. The Balaban J connectivity index is 2.66. The summed E-state index contributed by atoms with van der Waals surface area (Å²) in [5, 5.41) is 1.21. The molecular formula is C10H9F2N3S. The number of hydrogen-bond donors (Lipinski definition) is 0. The zero-order valence-corrected chi connectivity index (χ0v) is 9.55. The number of halogens is 2. The van der Waals surface area contributed by atoms with Gasteiger partial charge in [0.1, 0.15) is 5.69 Å². The number of nitrogens with zero attached hydrogens (tertiary/aromatic N) is 3. The van der Waals surface area contributed by atoms with Crippen LogP contribution in [0, 0.1) is 6.92 Å². The van der Waals surface area contributed by atoms with E-state index >= 15 is 0 Å². The number of rotatable bonds is 2. The molecule has 0 fully saturated rings. The molecule has 2 rings (SSSR count). The van der Waals surface area contributed by atoms with Crippen LogP contribution < -0.4 is 0 Å². The maximum Gasteiger partial charge on any atom is 0.280 e. The summed E-state index contributed by atoms with van der Waals surface area (Å²) >= 11 is 1.40. The Bertz CT molecular complexity index is 531. The summed E-state index contributed by atoms with van der Waals surface area (Å²) in [6, 6.07) is 1.33. The van der Waals surface area contributed by atoms with Gasteiger partial charge in [0.25, 0.3) is 6.43 Å². The minimum Gasteiger partial charge on any atom is -0.250 e. The van der Waals surface area contributed by atoms with Gasteiger partial charge in [0.05, 0.1) is 11.2 Å². The fourth-order valence-electron chi connectivity index (χ4n) is 1.42. The number of aromatic nitrogens is 3. The molecule has 3 nitrogen and oxygen atoms in total. The zero-order valence-electron chi connectivity index (χ0n) is 8.74. The van der Waals surface area contributed by atoms with Crippen molar-refractivity contribution in [3.63, 3.8) is 0 Å². The highest BCUT2D eigenvalue weighted by atomic mass is 32.2. The molecule has 2 aromatic rings. The van der Waals surface area contributed by atoms with Crippen molar-refractivity contribution < 1.29 is 8.78 Å². The zero-order chi connectivity index (χ0) is 11.7. The van der Waals surface area contributed by atoms with Crippen molar-refractivity contribution in [1.82, 2.24) is 15.0 Å². The average molecular weight is 241 g/mol. The summed E-state index contributed by atoms with van der Waals surface area (Å²) in [5.74, 6) is 0. The van der Waals surface area contributed by atoms with Crippen molar-refractivity contribution in [2.45, 2.75) is 18.5 Å². The number of aryl methyl sites for hydroxylation is 1. The van der Waals surface area contributed by atoms with E-state index in [4.69, 9.17) is 0 Å². The first-order valence-corrected chi connectivity index (χ1v) is 5.80. The van der Waals surface area contributed by atoms with E-state index in [0.717, 1.165) is 0 Å². The third-order valence-corrected chi connectivity index (χ3v) is 2.71. The molecule has 0 aromatic carbocycles. The summed E-state index contributed by atoms with van der Waals surface area (Å²) in [7, 11) is 0. The number of thioether (sulfide) groups is 1. The molecule has 0 radical (unpaired) electrons. The van der Waals surface area contributed by atoms with E-state index in [0.29, 0.717) is 21.8 Å². The molecule has 0 aliphatic rings. The molecule has 0 amide bonds. The van der Waals surface area contributed by atoms with Crippen molar-refractivity contribution in [2.24, 2.45) is 0 Å². The van der Waals surface area contributed by atoms with Crippen LogP contribution in [0.15, 0.2) is 17.4 Å². The Morgan fingerprint density at radius 2 is 2.06 bits per heavy atom. The van der Waals surface area contributed by atoms with Gasteiger partial charge >= 0.3 is 0 Å². The molecule has 0 saturated heterocycles. The topological polar surface area (TPSA) is 38.7 Å². The van der Waals surface area contributed by atoms with Gasteiger partial charge < -0.3 is 0 Å². The molecule has 0 aliphatic carbocycles. The first kappa shape index (κ1) is 11.2. The summed E-state index contributed by atoms with van der Waals surface area (Å²) in [5.41, 5.74) is 0.903. The highest BCUT2D eigenvalue weighted by Crippen LogP contribution is 2.23. The second kappa shape index (κ2) is 4.29. The first-order valence-electron chi connectivity index (χ1n) is 4.58. The van der Waals surface area contributed by atoms with E-state index in [1.165, 1.54) is 17.8 Å². The number of alkyl halides is 2. The Hall–Kier alpha value is -1.30. The Labute approximate surface area is 95.3 Å². The van der Waals surface area contributed by atoms with Gasteiger partial charge in [0, 0.05) is 11.6 Å². The molecule has 0 aliphatic heterocycles. The summed E-state index contributed by atoms with van der Waals surface area (Å²) in [6.07, 6.45) is 0.843. The maximum absolute atomic E-state index is 12.5. The lowest BCUT2D eigenvalue weighted by molar-refractivity contribution is 0.146. The predicted molar refractivity (Wildman–Crippen MR) is 58.8 cm³/mol. The average Bonchev–Trinajstić information content (AvgIpc) is 2.28. The lowest BCUT2D eigenvalue weighted by atomic mass is 10.2. The minimum absolute atomic E-state index is 0.231. The molecule has 0 saturated carbocycles. The lowest BCUT2D eigenvalue weighted by Gasteiger charge is -2.05. The molecule has 0 spiro atoms. The van der Waals surface area contributed by atoms with Gasteiger partial charge in [-0.1, -0.05) is 11.8 Å². The van der Waals surface area contributed by atoms with Gasteiger partial charge in [0.15, 0.2) is 5.16 Å². The lowest BCUT2D eigenvalue weighted by Crippen LogP contribution is -1.97. The Morgan fingerprint density at radius 3 is 2.69 bits per heavy atom. The fraction of sp³-hybridized carbons (Fsp3) is 0.300. The van der Waals surface area contributed by atoms with E-state index in [9.17, 15) is 8.78 Å². The van der Waals surface area contributed by atoms with Crippen LogP contribution in [0.4, 0.5) is 8.78 Å². The van der Waals surface area contributed by atoms with Gasteiger partial charge in [-0.15, -0.1) is 0 Å². The van der Waals surface area contributed by atoms with Crippen LogP contribution in [0.2, 0.25) is 0 Å². The summed E-state index contributed by atoms with van der Waals surface area (Å²) in [4.78, 5) is 12.1. The molecule has 2 aromatic heterocycles. The summed E-state index contributed by atoms with van der Waals surface area (Å²) < 4.78 is 25.0. The monoisotopic (exact) mass is 241 g/mol. The van der Waals surface area contributed by atoms with Crippen LogP contribution in [-0.4, -0.2) is 21.2 Å². The minimum atomic E-state index is -2.57. The van der Waals surface area contributed by atoms with Crippen molar-refractivity contribution >= 4 is 22.7 Å². The van der Waals surface area contributed by atoms with Gasteiger partial charge in [-0.05, 0) is 19.2 Å². The van der Waals surface area contributed by atoms with E-state index in [1.807, 2.05) is 6.26 Å². The Kier molecular flexibility index (Phi) is 3.00. The van der Waals surface area contributed by atoms with Crippen molar-refractivity contribution in [1.29, 1.82) is 0 Å².